The van der Waals surface area contributed by atoms with Crippen molar-refractivity contribution in [1.82, 2.24) is 5.32 Å². The maximum atomic E-state index is 10.9. The Kier molecular flexibility index (Phi) is 5.37. The van der Waals surface area contributed by atoms with Gasteiger partial charge in [0.25, 0.3) is 11.4 Å². The molecule has 0 spiro atoms. The molecule has 0 radical (unpaired) electrons. The minimum absolute atomic E-state index is 0.217. The van der Waals surface area contributed by atoms with Crippen molar-refractivity contribution in [2.24, 2.45) is 0 Å². The number of nitro groups is 2. The highest BCUT2D eigenvalue weighted by Crippen LogP contribution is 2.24. The lowest BCUT2D eigenvalue weighted by Gasteiger charge is -2.12. The smallest absolute Gasteiger partial charge is 0.280 e. The van der Waals surface area contributed by atoms with E-state index in [1.807, 2.05) is 6.92 Å². The van der Waals surface area contributed by atoms with Crippen LogP contribution in [0.25, 0.3) is 0 Å². The molecule has 0 heterocycles. The van der Waals surface area contributed by atoms with Crippen LogP contribution in [0.2, 0.25) is 0 Å². The molecule has 1 aromatic rings. The number of nitrogens with zero attached hydrogens (tertiary/aromatic N) is 2. The lowest BCUT2D eigenvalue weighted by atomic mass is 10.1. The zero-order valence-corrected chi connectivity index (χ0v) is 11.0. The van der Waals surface area contributed by atoms with Crippen LogP contribution in [-0.2, 0) is 6.54 Å². The molecule has 0 aromatic heterocycles. The summed E-state index contributed by atoms with van der Waals surface area (Å²) >= 11 is 0. The average Bonchev–Trinajstić information content (AvgIpc) is 2.36. The molecule has 0 aliphatic rings. The number of hydrogen-bond acceptors (Lipinski definition) is 5. The molecule has 1 rings (SSSR count). The van der Waals surface area contributed by atoms with Gasteiger partial charge in [0.1, 0.15) is 0 Å². The first kappa shape index (κ1) is 15.0. The van der Waals surface area contributed by atoms with E-state index in [1.165, 1.54) is 12.1 Å². The third kappa shape index (κ3) is 4.29. The second kappa shape index (κ2) is 6.79. The van der Waals surface area contributed by atoms with Crippen LogP contribution >= 0.6 is 0 Å². The van der Waals surface area contributed by atoms with Gasteiger partial charge in [-0.25, -0.2) is 0 Å². The molecule has 0 amide bonds. The Balaban J connectivity index is 2.88. The van der Waals surface area contributed by atoms with Crippen molar-refractivity contribution in [3.8, 4) is 0 Å². The minimum atomic E-state index is -0.635. The Bertz CT molecular complexity index is 476. The molecule has 0 saturated carbocycles. The summed E-state index contributed by atoms with van der Waals surface area (Å²) in [7, 11) is 0. The third-order valence-electron chi connectivity index (χ3n) is 2.84. The number of non-ortho nitro benzene ring substituents is 1. The van der Waals surface area contributed by atoms with Gasteiger partial charge in [0.05, 0.1) is 15.9 Å². The van der Waals surface area contributed by atoms with Gasteiger partial charge in [-0.05, 0) is 19.4 Å². The second-order valence-corrected chi connectivity index (χ2v) is 4.40. The van der Waals surface area contributed by atoms with Crippen molar-refractivity contribution in [3.63, 3.8) is 0 Å². The molecule has 1 N–H and O–H groups in total. The van der Waals surface area contributed by atoms with E-state index in [9.17, 15) is 20.2 Å². The Morgan fingerprint density at radius 1 is 1.26 bits per heavy atom. The first-order chi connectivity index (χ1) is 8.95. The summed E-state index contributed by atoms with van der Waals surface area (Å²) in [6.45, 7) is 4.39. The lowest BCUT2D eigenvalue weighted by Crippen LogP contribution is -2.25. The van der Waals surface area contributed by atoms with Gasteiger partial charge < -0.3 is 5.32 Å². The van der Waals surface area contributed by atoms with Gasteiger partial charge in [0.2, 0.25) is 0 Å². The highest BCUT2D eigenvalue weighted by Gasteiger charge is 2.19. The summed E-state index contributed by atoms with van der Waals surface area (Å²) in [6.07, 6.45) is 2.00. The average molecular weight is 267 g/mol. The van der Waals surface area contributed by atoms with Gasteiger partial charge in [0, 0.05) is 24.2 Å². The van der Waals surface area contributed by atoms with E-state index < -0.39 is 9.85 Å². The number of hydrogen-bond donors (Lipinski definition) is 1. The van der Waals surface area contributed by atoms with Crippen molar-refractivity contribution < 1.29 is 9.85 Å². The first-order valence-electron chi connectivity index (χ1n) is 6.10. The summed E-state index contributed by atoms with van der Waals surface area (Å²) < 4.78 is 0. The van der Waals surface area contributed by atoms with Crippen molar-refractivity contribution in [2.75, 3.05) is 0 Å². The number of rotatable bonds is 7. The number of nitro benzene ring substituents is 2. The topological polar surface area (TPSA) is 98.3 Å². The standard InChI is InChI=1S/C12H17N3O4/c1-3-4-9(2)13-8-10-5-6-11(14(16)17)7-12(10)15(18)19/h5-7,9,13H,3-4,8H2,1-2H3. The van der Waals surface area contributed by atoms with Crippen LogP contribution in [0, 0.1) is 20.2 Å². The Labute approximate surface area is 110 Å². The number of nitrogens with one attached hydrogen (secondary N) is 1. The zero-order chi connectivity index (χ0) is 14.4. The van der Waals surface area contributed by atoms with E-state index >= 15 is 0 Å². The Hall–Kier alpha value is -2.02. The Morgan fingerprint density at radius 3 is 2.47 bits per heavy atom. The van der Waals surface area contributed by atoms with Gasteiger partial charge in [-0.15, -0.1) is 0 Å². The lowest BCUT2D eigenvalue weighted by molar-refractivity contribution is -0.394. The summed E-state index contributed by atoms with van der Waals surface area (Å²) in [6, 6.07) is 3.97. The molecule has 7 heteroatoms. The first-order valence-corrected chi connectivity index (χ1v) is 6.10. The molecule has 0 saturated heterocycles. The van der Waals surface area contributed by atoms with Crippen molar-refractivity contribution >= 4 is 11.4 Å². The van der Waals surface area contributed by atoms with E-state index in [1.54, 1.807) is 0 Å². The van der Waals surface area contributed by atoms with Gasteiger partial charge in [-0.2, -0.15) is 0 Å². The fourth-order valence-corrected chi connectivity index (χ4v) is 1.80. The minimum Gasteiger partial charge on any atom is -0.310 e. The zero-order valence-electron chi connectivity index (χ0n) is 11.0. The van der Waals surface area contributed by atoms with Gasteiger partial charge in [0.15, 0.2) is 0 Å². The molecule has 1 unspecified atom stereocenters. The van der Waals surface area contributed by atoms with Crippen LogP contribution < -0.4 is 5.32 Å². The largest absolute Gasteiger partial charge is 0.310 e. The van der Waals surface area contributed by atoms with Crippen LogP contribution in [-0.4, -0.2) is 15.9 Å². The van der Waals surface area contributed by atoms with Crippen LogP contribution in [0.5, 0.6) is 0 Å². The Morgan fingerprint density at radius 2 is 1.95 bits per heavy atom. The van der Waals surface area contributed by atoms with E-state index in [0.717, 1.165) is 18.9 Å². The van der Waals surface area contributed by atoms with Crippen molar-refractivity contribution in [2.45, 2.75) is 39.3 Å². The molecule has 0 bridgehead atoms. The van der Waals surface area contributed by atoms with Crippen molar-refractivity contribution in [1.29, 1.82) is 0 Å². The molecule has 1 aromatic carbocycles. The molecule has 0 aliphatic carbocycles. The van der Waals surface area contributed by atoms with Gasteiger partial charge in [-0.3, -0.25) is 20.2 Å². The molecule has 104 valence electrons. The van der Waals surface area contributed by atoms with E-state index in [2.05, 4.69) is 12.2 Å². The normalized spacial score (nSPS) is 12.1. The van der Waals surface area contributed by atoms with Gasteiger partial charge >= 0.3 is 0 Å². The van der Waals surface area contributed by atoms with Crippen LogP contribution in [0.15, 0.2) is 18.2 Å². The monoisotopic (exact) mass is 267 g/mol. The quantitative estimate of drug-likeness (QED) is 0.605. The predicted molar refractivity (Wildman–Crippen MR) is 71.0 cm³/mol. The molecule has 1 atom stereocenters. The van der Waals surface area contributed by atoms with Crippen LogP contribution in [0.4, 0.5) is 11.4 Å². The maximum Gasteiger partial charge on any atom is 0.280 e. The summed E-state index contributed by atoms with van der Waals surface area (Å²) in [5.41, 5.74) is -0.0268. The SMILES string of the molecule is CCCC(C)NCc1ccc([N+](=O)[O-])cc1[N+](=O)[O-]. The fourth-order valence-electron chi connectivity index (χ4n) is 1.80. The van der Waals surface area contributed by atoms with Crippen molar-refractivity contribution in [3.05, 3.63) is 44.0 Å². The highest BCUT2D eigenvalue weighted by atomic mass is 16.6. The van der Waals surface area contributed by atoms with E-state index in [-0.39, 0.29) is 17.4 Å². The summed E-state index contributed by atoms with van der Waals surface area (Å²) in [4.78, 5) is 20.3. The van der Waals surface area contributed by atoms with Crippen LogP contribution in [0.3, 0.4) is 0 Å². The molecular formula is C12H17N3O4. The second-order valence-electron chi connectivity index (χ2n) is 4.40. The summed E-state index contributed by atoms with van der Waals surface area (Å²) in [5, 5.41) is 24.7. The third-order valence-corrected chi connectivity index (χ3v) is 2.84. The fraction of sp³-hybridized carbons (Fsp3) is 0.500. The van der Waals surface area contributed by atoms with Crippen LogP contribution in [0.1, 0.15) is 32.3 Å². The predicted octanol–water partition coefficient (Wildman–Crippen LogP) is 2.78. The molecule has 0 fully saturated rings. The number of benzene rings is 1. The van der Waals surface area contributed by atoms with Gasteiger partial charge in [-0.1, -0.05) is 13.3 Å². The molecule has 0 aliphatic heterocycles. The van der Waals surface area contributed by atoms with E-state index in [0.29, 0.717) is 12.1 Å². The molecular weight excluding hydrogens is 250 g/mol. The maximum absolute atomic E-state index is 10.9. The summed E-state index contributed by atoms with van der Waals surface area (Å²) in [5.74, 6) is 0. The van der Waals surface area contributed by atoms with E-state index in [4.69, 9.17) is 0 Å². The highest BCUT2D eigenvalue weighted by molar-refractivity contribution is 5.49. The molecule has 19 heavy (non-hydrogen) atoms. The molecule has 7 nitrogen and oxygen atoms in total.